The first-order valence-corrected chi connectivity index (χ1v) is 7.92. The van der Waals surface area contributed by atoms with Crippen LogP contribution in [0.15, 0.2) is 57.8 Å². The average molecular weight is 337 g/mol. The number of carbonyl (C=O) groups excluding carboxylic acids is 2. The molecule has 0 unspecified atom stereocenters. The molecule has 1 aliphatic heterocycles. The van der Waals surface area contributed by atoms with Gasteiger partial charge in [-0.05, 0) is 36.6 Å². The molecule has 1 aliphatic rings. The topological polar surface area (TPSA) is 88.6 Å². The van der Waals surface area contributed by atoms with Crippen LogP contribution in [-0.4, -0.2) is 23.3 Å². The zero-order valence-corrected chi connectivity index (χ0v) is 13.3. The van der Waals surface area contributed by atoms with Gasteiger partial charge >= 0.3 is 6.01 Å². The summed E-state index contributed by atoms with van der Waals surface area (Å²) in [5.41, 5.74) is 2.17. The fourth-order valence-corrected chi connectivity index (χ4v) is 2.88. The molecule has 2 aromatic heterocycles. The van der Waals surface area contributed by atoms with E-state index in [1.807, 2.05) is 24.3 Å². The summed E-state index contributed by atoms with van der Waals surface area (Å²) >= 11 is 0. The highest BCUT2D eigenvalue weighted by Gasteiger charge is 2.26. The van der Waals surface area contributed by atoms with Crippen LogP contribution in [0.3, 0.4) is 0 Å². The van der Waals surface area contributed by atoms with Gasteiger partial charge in [-0.3, -0.25) is 14.9 Å². The summed E-state index contributed by atoms with van der Waals surface area (Å²) < 4.78 is 10.2. The van der Waals surface area contributed by atoms with E-state index in [2.05, 4.69) is 10.3 Å². The minimum atomic E-state index is -0.492. The number of hydrogen-bond donors (Lipinski definition) is 1. The lowest BCUT2D eigenvalue weighted by Gasteiger charge is -2.28. The Hall–Kier alpha value is -3.35. The fraction of sp³-hybridized carbons (Fsp3) is 0.167. The lowest BCUT2D eigenvalue weighted by Crippen LogP contribution is -2.35. The van der Waals surface area contributed by atoms with Crippen LogP contribution in [0.5, 0.6) is 0 Å². The molecule has 0 bridgehead atoms. The molecule has 0 spiro atoms. The van der Waals surface area contributed by atoms with Crippen LogP contribution in [0.1, 0.15) is 33.0 Å². The number of carbonyl (C=O) groups is 2. The monoisotopic (exact) mass is 337 g/mol. The summed E-state index contributed by atoms with van der Waals surface area (Å²) in [6.07, 6.45) is 4.48. The second-order valence-corrected chi connectivity index (χ2v) is 5.66. The van der Waals surface area contributed by atoms with Gasteiger partial charge in [0.1, 0.15) is 6.26 Å². The number of para-hydroxylation sites is 1. The number of oxazole rings is 1. The van der Waals surface area contributed by atoms with Crippen molar-refractivity contribution in [1.29, 1.82) is 0 Å². The third-order valence-electron chi connectivity index (χ3n) is 4.04. The first kappa shape index (κ1) is 15.2. The molecule has 0 radical (unpaired) electrons. The minimum Gasteiger partial charge on any atom is -0.459 e. The van der Waals surface area contributed by atoms with E-state index in [1.54, 1.807) is 11.0 Å². The number of rotatable bonds is 3. The van der Waals surface area contributed by atoms with Gasteiger partial charge in [0, 0.05) is 12.2 Å². The van der Waals surface area contributed by atoms with Crippen LogP contribution in [0.2, 0.25) is 0 Å². The molecule has 3 heterocycles. The van der Waals surface area contributed by atoms with Crippen LogP contribution < -0.4 is 10.2 Å². The molecule has 25 heavy (non-hydrogen) atoms. The molecule has 3 aromatic rings. The highest BCUT2D eigenvalue weighted by Crippen LogP contribution is 2.28. The number of nitrogens with one attached hydrogen (secondary N) is 1. The summed E-state index contributed by atoms with van der Waals surface area (Å²) in [6.45, 7) is 0.622. The molecule has 1 N–H and O–H groups in total. The van der Waals surface area contributed by atoms with Crippen LogP contribution in [0, 0.1) is 0 Å². The highest BCUT2D eigenvalue weighted by molar-refractivity contribution is 6.06. The Morgan fingerprint density at radius 2 is 2.00 bits per heavy atom. The number of benzene rings is 1. The van der Waals surface area contributed by atoms with E-state index in [1.165, 1.54) is 18.6 Å². The molecule has 0 fully saturated rings. The molecule has 126 valence electrons. The quantitative estimate of drug-likeness (QED) is 0.793. The van der Waals surface area contributed by atoms with E-state index in [4.69, 9.17) is 8.83 Å². The zero-order chi connectivity index (χ0) is 17.2. The molecule has 4 rings (SSSR count). The van der Waals surface area contributed by atoms with E-state index in [0.717, 1.165) is 24.1 Å². The first-order chi connectivity index (χ1) is 12.2. The number of nitrogens with zero attached hydrogens (tertiary/aromatic N) is 2. The van der Waals surface area contributed by atoms with Crippen molar-refractivity contribution >= 4 is 23.5 Å². The SMILES string of the molecule is O=C(Nc1nc(C(=O)N2CCCc3ccccc32)co1)c1ccco1. The predicted molar refractivity (Wildman–Crippen MR) is 89.6 cm³/mol. The maximum Gasteiger partial charge on any atom is 0.302 e. The number of furan rings is 1. The van der Waals surface area contributed by atoms with Gasteiger partial charge in [0.25, 0.3) is 11.8 Å². The lowest BCUT2D eigenvalue weighted by atomic mass is 10.0. The lowest BCUT2D eigenvalue weighted by molar-refractivity contribution is 0.0975. The van der Waals surface area contributed by atoms with Crippen LogP contribution in [0.25, 0.3) is 0 Å². The van der Waals surface area contributed by atoms with Crippen molar-refractivity contribution in [2.75, 3.05) is 16.8 Å². The summed E-state index contributed by atoms with van der Waals surface area (Å²) in [6, 6.07) is 10.9. The Morgan fingerprint density at radius 3 is 2.84 bits per heavy atom. The Kier molecular flexibility index (Phi) is 3.81. The Morgan fingerprint density at radius 1 is 1.12 bits per heavy atom. The van der Waals surface area contributed by atoms with E-state index in [9.17, 15) is 9.59 Å². The molecular weight excluding hydrogens is 322 g/mol. The van der Waals surface area contributed by atoms with Gasteiger partial charge in [0.2, 0.25) is 0 Å². The Balaban J connectivity index is 1.53. The minimum absolute atomic E-state index is 0.0463. The fourth-order valence-electron chi connectivity index (χ4n) is 2.88. The van der Waals surface area contributed by atoms with E-state index in [-0.39, 0.29) is 23.4 Å². The second-order valence-electron chi connectivity index (χ2n) is 5.66. The largest absolute Gasteiger partial charge is 0.459 e. The molecule has 2 amide bonds. The third-order valence-corrected chi connectivity index (χ3v) is 4.04. The van der Waals surface area contributed by atoms with Crippen molar-refractivity contribution < 1.29 is 18.4 Å². The summed E-state index contributed by atoms with van der Waals surface area (Å²) in [5, 5.41) is 2.46. The Bertz CT molecular complexity index is 914. The predicted octanol–water partition coefficient (Wildman–Crippen LogP) is 3.11. The standard InChI is InChI=1S/C18H15N3O4/c22-16(15-8-4-10-24-15)20-18-19-13(11-25-18)17(23)21-9-3-6-12-5-1-2-7-14(12)21/h1-2,4-5,7-8,10-11H,3,6,9H2,(H,19,20,22). The van der Waals surface area contributed by atoms with Crippen LogP contribution in [-0.2, 0) is 6.42 Å². The van der Waals surface area contributed by atoms with Gasteiger partial charge in [-0.1, -0.05) is 18.2 Å². The van der Waals surface area contributed by atoms with Crippen molar-refractivity contribution in [3.63, 3.8) is 0 Å². The summed E-state index contributed by atoms with van der Waals surface area (Å²) in [7, 11) is 0. The molecular formula is C18H15N3O4. The number of aromatic nitrogens is 1. The van der Waals surface area contributed by atoms with Gasteiger partial charge < -0.3 is 13.7 Å². The molecule has 1 aromatic carbocycles. The third kappa shape index (κ3) is 2.91. The van der Waals surface area contributed by atoms with Gasteiger partial charge in [-0.25, -0.2) is 0 Å². The number of amides is 2. The molecule has 0 saturated heterocycles. The van der Waals surface area contributed by atoms with Crippen LogP contribution >= 0.6 is 0 Å². The van der Waals surface area contributed by atoms with E-state index in [0.29, 0.717) is 6.54 Å². The summed E-state index contributed by atoms with van der Waals surface area (Å²) in [4.78, 5) is 30.4. The number of fused-ring (bicyclic) bond motifs is 1. The molecule has 0 aliphatic carbocycles. The van der Waals surface area contributed by atoms with E-state index < -0.39 is 5.91 Å². The molecule has 0 saturated carbocycles. The average Bonchev–Trinajstić information content (AvgIpc) is 3.32. The first-order valence-electron chi connectivity index (χ1n) is 7.92. The maximum absolute atomic E-state index is 12.8. The smallest absolute Gasteiger partial charge is 0.302 e. The zero-order valence-electron chi connectivity index (χ0n) is 13.3. The van der Waals surface area contributed by atoms with Gasteiger partial charge in [0.15, 0.2) is 11.5 Å². The van der Waals surface area contributed by atoms with Crippen molar-refractivity contribution in [1.82, 2.24) is 4.98 Å². The van der Waals surface area contributed by atoms with Crippen molar-refractivity contribution in [3.05, 3.63) is 65.9 Å². The van der Waals surface area contributed by atoms with Crippen LogP contribution in [0.4, 0.5) is 11.7 Å². The molecule has 0 atom stereocenters. The van der Waals surface area contributed by atoms with Crippen molar-refractivity contribution in [2.45, 2.75) is 12.8 Å². The maximum atomic E-state index is 12.8. The van der Waals surface area contributed by atoms with E-state index >= 15 is 0 Å². The van der Waals surface area contributed by atoms with Crippen molar-refractivity contribution in [3.8, 4) is 0 Å². The summed E-state index contributed by atoms with van der Waals surface area (Å²) in [5.74, 6) is -0.611. The Labute approximate surface area is 143 Å². The van der Waals surface area contributed by atoms with Gasteiger partial charge in [-0.15, -0.1) is 0 Å². The van der Waals surface area contributed by atoms with Crippen molar-refractivity contribution in [2.24, 2.45) is 0 Å². The number of anilines is 2. The van der Waals surface area contributed by atoms with Gasteiger partial charge in [-0.2, -0.15) is 4.98 Å². The molecule has 7 heteroatoms. The van der Waals surface area contributed by atoms with Gasteiger partial charge in [0.05, 0.1) is 6.26 Å². The number of aryl methyl sites for hydroxylation is 1. The second kappa shape index (κ2) is 6.27. The normalized spacial score (nSPS) is 13.4. The number of hydrogen-bond acceptors (Lipinski definition) is 5. The molecule has 7 nitrogen and oxygen atoms in total. The highest BCUT2D eigenvalue weighted by atomic mass is 16.4.